The number of hydrogen-bond donors (Lipinski definition) is 1. The van der Waals surface area contributed by atoms with Crippen LogP contribution in [0.25, 0.3) is 0 Å². The molecule has 2 nitrogen and oxygen atoms in total. The summed E-state index contributed by atoms with van der Waals surface area (Å²) in [6.07, 6.45) is 0. The van der Waals surface area contributed by atoms with Gasteiger partial charge in [-0.3, -0.25) is 0 Å². The van der Waals surface area contributed by atoms with Crippen LogP contribution in [0.3, 0.4) is 0 Å². The molecule has 0 aliphatic heterocycles. The van der Waals surface area contributed by atoms with E-state index >= 15 is 0 Å². The zero-order chi connectivity index (χ0) is 17.0. The van der Waals surface area contributed by atoms with Crippen molar-refractivity contribution in [3.05, 3.63) is 64.4 Å². The van der Waals surface area contributed by atoms with Gasteiger partial charge in [0.15, 0.2) is 5.11 Å². The fraction of sp³-hybridized carbons (Fsp3) is 0.278. The van der Waals surface area contributed by atoms with Crippen molar-refractivity contribution >= 4 is 34.6 Å². The van der Waals surface area contributed by atoms with Crippen LogP contribution in [0.15, 0.2) is 42.5 Å². The summed E-state index contributed by atoms with van der Waals surface area (Å²) in [6.45, 7) is 4.61. The van der Waals surface area contributed by atoms with Crippen LogP contribution in [0.5, 0.6) is 0 Å². The number of benzene rings is 2. The van der Waals surface area contributed by atoms with Gasteiger partial charge in [-0.1, -0.05) is 43.6 Å². The van der Waals surface area contributed by atoms with E-state index in [1.807, 2.05) is 12.1 Å². The lowest BCUT2D eigenvalue weighted by molar-refractivity contribution is 0.486. The number of rotatable bonds is 4. The van der Waals surface area contributed by atoms with Crippen molar-refractivity contribution in [2.45, 2.75) is 26.3 Å². The third-order valence-electron chi connectivity index (χ3n) is 3.63. The summed E-state index contributed by atoms with van der Waals surface area (Å²) < 4.78 is 13.8. The molecule has 0 unspecified atom stereocenters. The smallest absolute Gasteiger partial charge is 0.173 e. The van der Waals surface area contributed by atoms with Gasteiger partial charge in [-0.25, -0.2) is 4.39 Å². The van der Waals surface area contributed by atoms with Crippen LogP contribution in [-0.2, 0) is 6.54 Å². The fourth-order valence-electron chi connectivity index (χ4n) is 2.16. The summed E-state index contributed by atoms with van der Waals surface area (Å²) in [5.74, 6) is 0.162. The van der Waals surface area contributed by atoms with Crippen LogP contribution in [0.2, 0.25) is 5.02 Å². The molecule has 0 saturated heterocycles. The molecule has 2 aromatic rings. The van der Waals surface area contributed by atoms with Gasteiger partial charge in [-0.15, -0.1) is 0 Å². The molecule has 0 radical (unpaired) electrons. The zero-order valence-electron chi connectivity index (χ0n) is 13.4. The highest BCUT2D eigenvalue weighted by Crippen LogP contribution is 2.21. The predicted molar refractivity (Wildman–Crippen MR) is 99.6 cm³/mol. The van der Waals surface area contributed by atoms with Gasteiger partial charge in [-0.2, -0.15) is 0 Å². The molecule has 2 aromatic carbocycles. The van der Waals surface area contributed by atoms with E-state index in [1.54, 1.807) is 24.1 Å². The number of thiocarbonyl (C=S) groups is 1. The van der Waals surface area contributed by atoms with E-state index in [-0.39, 0.29) is 5.82 Å². The predicted octanol–water partition coefficient (Wildman–Crippen LogP) is 5.43. The van der Waals surface area contributed by atoms with Crippen molar-refractivity contribution in [3.63, 3.8) is 0 Å². The fourth-order valence-corrected chi connectivity index (χ4v) is 2.57. The number of nitrogens with zero attached hydrogens (tertiary/aromatic N) is 1. The Balaban J connectivity index is 2.02. The summed E-state index contributed by atoms with van der Waals surface area (Å²) >= 11 is 11.4. The molecule has 2 rings (SSSR count). The highest BCUT2D eigenvalue weighted by atomic mass is 35.5. The Kier molecular flexibility index (Phi) is 5.97. The van der Waals surface area contributed by atoms with Gasteiger partial charge in [0, 0.05) is 29.9 Å². The second kappa shape index (κ2) is 7.75. The van der Waals surface area contributed by atoms with Crippen LogP contribution >= 0.6 is 23.8 Å². The topological polar surface area (TPSA) is 15.3 Å². The Labute approximate surface area is 147 Å². The van der Waals surface area contributed by atoms with Crippen LogP contribution in [-0.4, -0.2) is 17.1 Å². The number of hydrogen-bond acceptors (Lipinski definition) is 1. The number of nitrogens with one attached hydrogen (secondary N) is 1. The van der Waals surface area contributed by atoms with Crippen molar-refractivity contribution in [1.29, 1.82) is 0 Å². The van der Waals surface area contributed by atoms with E-state index < -0.39 is 0 Å². The molecule has 0 saturated carbocycles. The first kappa shape index (κ1) is 17.7. The molecule has 0 bridgehead atoms. The van der Waals surface area contributed by atoms with E-state index in [2.05, 4.69) is 31.3 Å². The lowest BCUT2D eigenvalue weighted by atomic mass is 10.0. The standard InChI is InChI=1S/C18H20ClFN2S/c1-12(2)13-7-9-14(10-8-13)21-18(23)22(3)11-15-16(19)5-4-6-17(15)20/h4-10,12H,11H2,1-3H3,(H,21,23). The van der Waals surface area contributed by atoms with Crippen LogP contribution < -0.4 is 5.32 Å². The van der Waals surface area contributed by atoms with Crippen molar-refractivity contribution in [3.8, 4) is 0 Å². The van der Waals surface area contributed by atoms with Crippen LogP contribution in [0.4, 0.5) is 10.1 Å². The van der Waals surface area contributed by atoms with Gasteiger partial charge in [-0.05, 0) is 48.0 Å². The average Bonchev–Trinajstić information content (AvgIpc) is 2.51. The van der Waals surface area contributed by atoms with Crippen molar-refractivity contribution in [2.75, 3.05) is 12.4 Å². The highest BCUT2D eigenvalue weighted by Gasteiger charge is 2.12. The molecule has 5 heteroatoms. The normalized spacial score (nSPS) is 10.7. The minimum atomic E-state index is -0.326. The van der Waals surface area contributed by atoms with Gasteiger partial charge < -0.3 is 10.2 Å². The van der Waals surface area contributed by atoms with Crippen LogP contribution in [0.1, 0.15) is 30.9 Å². The van der Waals surface area contributed by atoms with Crippen molar-refractivity contribution in [1.82, 2.24) is 4.90 Å². The summed E-state index contributed by atoms with van der Waals surface area (Å²) in [4.78, 5) is 1.76. The minimum absolute atomic E-state index is 0.307. The number of halogens is 2. The number of anilines is 1. The SMILES string of the molecule is CC(C)c1ccc(NC(=S)N(C)Cc2c(F)cccc2Cl)cc1. The molecule has 0 atom stereocenters. The first-order valence-corrected chi connectivity index (χ1v) is 8.22. The lowest BCUT2D eigenvalue weighted by Gasteiger charge is -2.22. The average molecular weight is 351 g/mol. The first-order valence-electron chi connectivity index (χ1n) is 7.43. The van der Waals surface area contributed by atoms with E-state index in [0.29, 0.717) is 28.2 Å². The van der Waals surface area contributed by atoms with Gasteiger partial charge in [0.2, 0.25) is 0 Å². The lowest BCUT2D eigenvalue weighted by Crippen LogP contribution is -2.31. The Hall–Kier alpha value is -1.65. The van der Waals surface area contributed by atoms with Gasteiger partial charge in [0.25, 0.3) is 0 Å². The third-order valence-corrected chi connectivity index (χ3v) is 4.40. The Morgan fingerprint density at radius 1 is 1.22 bits per heavy atom. The minimum Gasteiger partial charge on any atom is -0.348 e. The molecule has 0 fully saturated rings. The molecular formula is C18H20ClFN2S. The quantitative estimate of drug-likeness (QED) is 0.740. The van der Waals surface area contributed by atoms with Crippen molar-refractivity contribution in [2.24, 2.45) is 0 Å². The molecule has 0 heterocycles. The van der Waals surface area contributed by atoms with E-state index in [0.717, 1.165) is 5.69 Å². The Morgan fingerprint density at radius 3 is 2.43 bits per heavy atom. The molecule has 0 aliphatic rings. The largest absolute Gasteiger partial charge is 0.348 e. The molecule has 122 valence electrons. The maximum absolute atomic E-state index is 13.8. The van der Waals surface area contributed by atoms with Gasteiger partial charge >= 0.3 is 0 Å². The third kappa shape index (κ3) is 4.66. The molecule has 0 aliphatic carbocycles. The van der Waals surface area contributed by atoms with E-state index in [1.165, 1.54) is 11.6 Å². The molecule has 1 N–H and O–H groups in total. The molecule has 0 amide bonds. The maximum Gasteiger partial charge on any atom is 0.173 e. The van der Waals surface area contributed by atoms with E-state index in [4.69, 9.17) is 23.8 Å². The molecule has 23 heavy (non-hydrogen) atoms. The molecule has 0 spiro atoms. The van der Waals surface area contributed by atoms with Crippen LogP contribution in [0, 0.1) is 5.82 Å². The summed E-state index contributed by atoms with van der Waals surface area (Å²) in [5.41, 5.74) is 2.62. The van der Waals surface area contributed by atoms with Gasteiger partial charge in [0.1, 0.15) is 5.82 Å². The van der Waals surface area contributed by atoms with Crippen molar-refractivity contribution < 1.29 is 4.39 Å². The summed E-state index contributed by atoms with van der Waals surface area (Å²) in [5, 5.41) is 4.08. The summed E-state index contributed by atoms with van der Waals surface area (Å²) in [6, 6.07) is 12.8. The highest BCUT2D eigenvalue weighted by molar-refractivity contribution is 7.80. The van der Waals surface area contributed by atoms with E-state index in [9.17, 15) is 4.39 Å². The Bertz CT molecular complexity index is 666. The maximum atomic E-state index is 13.8. The first-order chi connectivity index (χ1) is 10.9. The molecule has 0 aromatic heterocycles. The molecular weight excluding hydrogens is 331 g/mol. The second-order valence-electron chi connectivity index (χ2n) is 5.76. The monoisotopic (exact) mass is 350 g/mol. The second-order valence-corrected chi connectivity index (χ2v) is 6.56. The van der Waals surface area contributed by atoms with Gasteiger partial charge in [0.05, 0.1) is 0 Å². The Morgan fingerprint density at radius 2 is 1.87 bits per heavy atom. The summed E-state index contributed by atoms with van der Waals surface area (Å²) in [7, 11) is 1.81. The zero-order valence-corrected chi connectivity index (χ0v) is 15.0.